The van der Waals surface area contributed by atoms with Crippen molar-refractivity contribution in [1.29, 1.82) is 0 Å². The Morgan fingerprint density at radius 3 is 2.65 bits per heavy atom. The molecule has 31 heavy (non-hydrogen) atoms. The lowest BCUT2D eigenvalue weighted by atomic mass is 10.1. The van der Waals surface area contributed by atoms with E-state index in [2.05, 4.69) is 17.0 Å². The second-order valence-corrected chi connectivity index (χ2v) is 8.51. The van der Waals surface area contributed by atoms with Crippen molar-refractivity contribution in [1.82, 2.24) is 14.7 Å². The minimum atomic E-state index is -0.0977. The lowest BCUT2D eigenvalue weighted by Crippen LogP contribution is -2.44. The zero-order chi connectivity index (χ0) is 21.8. The Kier molecular flexibility index (Phi) is 6.78. The standard InChI is InChI=1S/C24H28ClN3O3/c1-31-22-9-8-19(25)16-20(22)23(29)27-12-5-11-26(14-15-27)21-10-13-28(24(21)30)17-18-6-3-2-4-7-18/h2-4,6-9,16,21H,5,10-15,17H2,1H3/t21-/m1/s1. The maximum atomic E-state index is 13.1. The molecule has 0 aromatic heterocycles. The third kappa shape index (κ3) is 4.86. The highest BCUT2D eigenvalue weighted by atomic mass is 35.5. The van der Waals surface area contributed by atoms with Gasteiger partial charge in [0.15, 0.2) is 0 Å². The minimum absolute atomic E-state index is 0.0790. The van der Waals surface area contributed by atoms with Crippen LogP contribution >= 0.6 is 11.6 Å². The Hall–Kier alpha value is -2.57. The number of nitrogens with zero attached hydrogens (tertiary/aromatic N) is 3. The molecule has 0 radical (unpaired) electrons. The molecule has 6 nitrogen and oxygen atoms in total. The van der Waals surface area contributed by atoms with Crippen LogP contribution < -0.4 is 4.74 Å². The number of amides is 2. The van der Waals surface area contributed by atoms with Gasteiger partial charge in [0.2, 0.25) is 5.91 Å². The van der Waals surface area contributed by atoms with Crippen LogP contribution in [0.4, 0.5) is 0 Å². The average Bonchev–Trinajstić information content (AvgIpc) is 2.99. The van der Waals surface area contributed by atoms with Gasteiger partial charge in [-0.3, -0.25) is 14.5 Å². The first kappa shape index (κ1) is 21.7. The van der Waals surface area contributed by atoms with Gasteiger partial charge in [-0.1, -0.05) is 41.9 Å². The molecule has 4 rings (SSSR count). The number of rotatable bonds is 5. The fourth-order valence-corrected chi connectivity index (χ4v) is 4.66. The van der Waals surface area contributed by atoms with Crippen molar-refractivity contribution in [3.63, 3.8) is 0 Å². The summed E-state index contributed by atoms with van der Waals surface area (Å²) in [6, 6.07) is 15.1. The third-order valence-corrected chi connectivity index (χ3v) is 6.37. The number of carbonyl (C=O) groups is 2. The van der Waals surface area contributed by atoms with Gasteiger partial charge in [0, 0.05) is 44.3 Å². The average molecular weight is 442 g/mol. The Bertz CT molecular complexity index is 937. The second-order valence-electron chi connectivity index (χ2n) is 8.08. The molecule has 7 heteroatoms. The van der Waals surface area contributed by atoms with Crippen LogP contribution in [0.5, 0.6) is 5.75 Å². The van der Waals surface area contributed by atoms with Crippen molar-refractivity contribution in [3.05, 3.63) is 64.7 Å². The van der Waals surface area contributed by atoms with Gasteiger partial charge in [0.1, 0.15) is 5.75 Å². The molecule has 2 fully saturated rings. The Morgan fingerprint density at radius 2 is 1.87 bits per heavy atom. The molecule has 0 aliphatic carbocycles. The maximum Gasteiger partial charge on any atom is 0.257 e. The van der Waals surface area contributed by atoms with Crippen molar-refractivity contribution in [2.45, 2.75) is 25.4 Å². The van der Waals surface area contributed by atoms with Crippen LogP contribution in [0.15, 0.2) is 48.5 Å². The van der Waals surface area contributed by atoms with Crippen molar-refractivity contribution in [3.8, 4) is 5.75 Å². The molecular formula is C24H28ClN3O3. The monoisotopic (exact) mass is 441 g/mol. The van der Waals surface area contributed by atoms with E-state index in [4.69, 9.17) is 16.3 Å². The van der Waals surface area contributed by atoms with Crippen LogP contribution in [0.1, 0.15) is 28.8 Å². The minimum Gasteiger partial charge on any atom is -0.496 e. The SMILES string of the molecule is COc1ccc(Cl)cc1C(=O)N1CCCN([C@@H]2CCN(Cc3ccccc3)C2=O)CC1. The van der Waals surface area contributed by atoms with Gasteiger partial charge < -0.3 is 14.5 Å². The van der Waals surface area contributed by atoms with Gasteiger partial charge in [0.05, 0.1) is 18.7 Å². The van der Waals surface area contributed by atoms with E-state index in [0.717, 1.165) is 31.5 Å². The molecule has 0 bridgehead atoms. The first-order valence-electron chi connectivity index (χ1n) is 10.8. The lowest BCUT2D eigenvalue weighted by molar-refractivity contribution is -0.132. The number of likely N-dealkylation sites (tertiary alicyclic amines) is 1. The van der Waals surface area contributed by atoms with E-state index in [1.165, 1.54) is 0 Å². The summed E-state index contributed by atoms with van der Waals surface area (Å²) in [4.78, 5) is 32.2. The number of halogens is 1. The molecule has 2 aliphatic heterocycles. The topological polar surface area (TPSA) is 53.1 Å². The lowest BCUT2D eigenvalue weighted by Gasteiger charge is -2.27. The fraction of sp³-hybridized carbons (Fsp3) is 0.417. The van der Waals surface area contributed by atoms with Gasteiger partial charge >= 0.3 is 0 Å². The normalized spacial score (nSPS) is 20.1. The molecule has 0 saturated carbocycles. The fourth-order valence-electron chi connectivity index (χ4n) is 4.49. The number of carbonyl (C=O) groups excluding carboxylic acids is 2. The Morgan fingerprint density at radius 1 is 1.06 bits per heavy atom. The first-order valence-corrected chi connectivity index (χ1v) is 11.1. The predicted octanol–water partition coefficient (Wildman–Crippen LogP) is 3.30. The number of ether oxygens (including phenoxy) is 1. The van der Waals surface area contributed by atoms with Crippen LogP contribution in [-0.2, 0) is 11.3 Å². The summed E-state index contributed by atoms with van der Waals surface area (Å²) in [6.45, 7) is 4.16. The van der Waals surface area contributed by atoms with Crippen molar-refractivity contribution in [2.75, 3.05) is 39.8 Å². The quantitative estimate of drug-likeness (QED) is 0.714. The van der Waals surface area contributed by atoms with Crippen LogP contribution in [-0.4, -0.2) is 72.4 Å². The van der Waals surface area contributed by atoms with E-state index >= 15 is 0 Å². The van der Waals surface area contributed by atoms with E-state index in [1.54, 1.807) is 25.3 Å². The van der Waals surface area contributed by atoms with Gasteiger partial charge in [-0.25, -0.2) is 0 Å². The molecule has 0 unspecified atom stereocenters. The van der Waals surface area contributed by atoms with Crippen LogP contribution in [0.25, 0.3) is 0 Å². The van der Waals surface area contributed by atoms with Crippen molar-refractivity contribution >= 4 is 23.4 Å². The molecule has 2 heterocycles. The van der Waals surface area contributed by atoms with E-state index < -0.39 is 0 Å². The summed E-state index contributed by atoms with van der Waals surface area (Å²) in [5, 5.41) is 0.510. The highest BCUT2D eigenvalue weighted by Gasteiger charge is 2.36. The summed E-state index contributed by atoms with van der Waals surface area (Å²) >= 11 is 6.11. The summed E-state index contributed by atoms with van der Waals surface area (Å²) < 4.78 is 5.35. The van der Waals surface area contributed by atoms with Crippen LogP contribution in [0, 0.1) is 0 Å². The number of benzene rings is 2. The van der Waals surface area contributed by atoms with E-state index in [-0.39, 0.29) is 17.9 Å². The van der Waals surface area contributed by atoms with E-state index in [9.17, 15) is 9.59 Å². The Balaban J connectivity index is 1.39. The summed E-state index contributed by atoms with van der Waals surface area (Å²) in [7, 11) is 1.55. The molecular weight excluding hydrogens is 414 g/mol. The molecule has 2 aromatic carbocycles. The van der Waals surface area contributed by atoms with Gasteiger partial charge in [-0.2, -0.15) is 0 Å². The van der Waals surface area contributed by atoms with E-state index in [1.807, 2.05) is 28.0 Å². The largest absolute Gasteiger partial charge is 0.496 e. The number of methoxy groups -OCH3 is 1. The molecule has 0 N–H and O–H groups in total. The highest BCUT2D eigenvalue weighted by molar-refractivity contribution is 6.31. The number of hydrogen-bond donors (Lipinski definition) is 0. The zero-order valence-electron chi connectivity index (χ0n) is 17.8. The second kappa shape index (κ2) is 9.71. The summed E-state index contributed by atoms with van der Waals surface area (Å²) in [6.07, 6.45) is 1.67. The van der Waals surface area contributed by atoms with Gasteiger partial charge in [0.25, 0.3) is 5.91 Å². The maximum absolute atomic E-state index is 13.1. The molecule has 164 valence electrons. The summed E-state index contributed by atoms with van der Waals surface area (Å²) in [5.74, 6) is 0.642. The van der Waals surface area contributed by atoms with Crippen molar-refractivity contribution in [2.24, 2.45) is 0 Å². The first-order chi connectivity index (χ1) is 15.1. The van der Waals surface area contributed by atoms with Crippen LogP contribution in [0.2, 0.25) is 5.02 Å². The van der Waals surface area contributed by atoms with Crippen molar-refractivity contribution < 1.29 is 14.3 Å². The Labute approximate surface area is 188 Å². The molecule has 2 aromatic rings. The molecule has 2 amide bonds. The zero-order valence-corrected chi connectivity index (χ0v) is 18.6. The molecule has 0 spiro atoms. The van der Waals surface area contributed by atoms with E-state index in [0.29, 0.717) is 42.5 Å². The van der Waals surface area contributed by atoms with Gasteiger partial charge in [-0.05, 0) is 36.6 Å². The number of hydrogen-bond acceptors (Lipinski definition) is 4. The van der Waals surface area contributed by atoms with Gasteiger partial charge in [-0.15, -0.1) is 0 Å². The van der Waals surface area contributed by atoms with Crippen LogP contribution in [0.3, 0.4) is 0 Å². The smallest absolute Gasteiger partial charge is 0.257 e. The predicted molar refractivity (Wildman–Crippen MR) is 120 cm³/mol. The molecule has 2 aliphatic rings. The molecule has 2 saturated heterocycles. The molecule has 1 atom stereocenters. The summed E-state index contributed by atoms with van der Waals surface area (Å²) in [5.41, 5.74) is 1.63. The highest BCUT2D eigenvalue weighted by Crippen LogP contribution is 2.26. The third-order valence-electron chi connectivity index (χ3n) is 6.14.